The van der Waals surface area contributed by atoms with Crippen LogP contribution in [0.2, 0.25) is 0 Å². The van der Waals surface area contributed by atoms with Gasteiger partial charge in [-0.05, 0) is 18.8 Å². The van der Waals surface area contributed by atoms with Crippen LogP contribution in [0.5, 0.6) is 0 Å². The van der Waals surface area contributed by atoms with E-state index in [1.165, 1.54) is 25.7 Å². The maximum atomic E-state index is 8.63. The quantitative estimate of drug-likeness (QED) is 0.519. The minimum absolute atomic E-state index is 0.347. The Morgan fingerprint density at radius 1 is 1.18 bits per heavy atom. The summed E-state index contributed by atoms with van der Waals surface area (Å²) < 4.78 is 0. The molecule has 0 aliphatic heterocycles. The van der Waals surface area contributed by atoms with E-state index in [4.69, 9.17) is 5.11 Å². The van der Waals surface area contributed by atoms with E-state index in [1.54, 1.807) is 0 Å². The molecule has 0 aliphatic rings. The lowest BCUT2D eigenvalue weighted by Crippen LogP contribution is -1.97. The van der Waals surface area contributed by atoms with E-state index in [-0.39, 0.29) is 0 Å². The standard InChI is InChI=1S/C9H19BrO/c1-9(6-8-11)5-3-2-4-7-10/h9,11H,2-8H2,1H3/t9-/m0/s1. The highest BCUT2D eigenvalue weighted by atomic mass is 79.9. The highest BCUT2D eigenvalue weighted by molar-refractivity contribution is 9.09. The smallest absolute Gasteiger partial charge is 0.0433 e. The van der Waals surface area contributed by atoms with Crippen LogP contribution < -0.4 is 0 Å². The van der Waals surface area contributed by atoms with Crippen molar-refractivity contribution >= 4 is 15.9 Å². The van der Waals surface area contributed by atoms with Crippen LogP contribution in [-0.2, 0) is 0 Å². The molecule has 11 heavy (non-hydrogen) atoms. The van der Waals surface area contributed by atoms with Crippen LogP contribution >= 0.6 is 15.9 Å². The van der Waals surface area contributed by atoms with Gasteiger partial charge in [-0.3, -0.25) is 0 Å². The maximum Gasteiger partial charge on any atom is 0.0433 e. The number of aliphatic hydroxyl groups excluding tert-OH is 1. The number of halogens is 1. The van der Waals surface area contributed by atoms with Gasteiger partial charge in [0.05, 0.1) is 0 Å². The second kappa shape index (κ2) is 8.54. The zero-order chi connectivity index (χ0) is 8.53. The van der Waals surface area contributed by atoms with Gasteiger partial charge in [-0.1, -0.05) is 42.1 Å². The molecule has 1 nitrogen and oxygen atoms in total. The molecule has 68 valence electrons. The number of aliphatic hydroxyl groups is 1. The van der Waals surface area contributed by atoms with Crippen LogP contribution in [0.4, 0.5) is 0 Å². The van der Waals surface area contributed by atoms with Crippen molar-refractivity contribution in [2.75, 3.05) is 11.9 Å². The largest absolute Gasteiger partial charge is 0.396 e. The molecule has 0 spiro atoms. The van der Waals surface area contributed by atoms with Crippen LogP contribution in [0.25, 0.3) is 0 Å². The van der Waals surface area contributed by atoms with Gasteiger partial charge in [0.25, 0.3) is 0 Å². The second-order valence-corrected chi connectivity index (χ2v) is 3.95. The van der Waals surface area contributed by atoms with E-state index >= 15 is 0 Å². The zero-order valence-electron chi connectivity index (χ0n) is 7.35. The number of alkyl halides is 1. The van der Waals surface area contributed by atoms with Crippen LogP contribution in [0, 0.1) is 5.92 Å². The molecule has 0 aliphatic carbocycles. The van der Waals surface area contributed by atoms with Gasteiger partial charge in [0.1, 0.15) is 0 Å². The van der Waals surface area contributed by atoms with Gasteiger partial charge < -0.3 is 5.11 Å². The average Bonchev–Trinajstić information content (AvgIpc) is 1.99. The minimum Gasteiger partial charge on any atom is -0.396 e. The first kappa shape index (κ1) is 11.4. The molecule has 0 fully saturated rings. The van der Waals surface area contributed by atoms with Gasteiger partial charge in [-0.2, -0.15) is 0 Å². The Kier molecular flexibility index (Phi) is 8.88. The van der Waals surface area contributed by atoms with Gasteiger partial charge in [-0.25, -0.2) is 0 Å². The van der Waals surface area contributed by atoms with Crippen molar-refractivity contribution in [3.63, 3.8) is 0 Å². The molecule has 0 aromatic carbocycles. The molecule has 0 rings (SSSR count). The summed E-state index contributed by atoms with van der Waals surface area (Å²) >= 11 is 3.41. The fourth-order valence-corrected chi connectivity index (χ4v) is 1.53. The third-order valence-corrected chi connectivity index (χ3v) is 2.51. The van der Waals surface area contributed by atoms with Crippen LogP contribution in [0.1, 0.15) is 39.0 Å². The van der Waals surface area contributed by atoms with Gasteiger partial charge in [0, 0.05) is 11.9 Å². The van der Waals surface area contributed by atoms with Gasteiger partial charge in [0.15, 0.2) is 0 Å². The summed E-state index contributed by atoms with van der Waals surface area (Å²) in [6.07, 6.45) is 6.15. The molecule has 1 N–H and O–H groups in total. The predicted octanol–water partition coefficient (Wildman–Crippen LogP) is 2.96. The lowest BCUT2D eigenvalue weighted by Gasteiger charge is -2.07. The highest BCUT2D eigenvalue weighted by Gasteiger charge is 1.99. The summed E-state index contributed by atoms with van der Waals surface area (Å²) in [5.41, 5.74) is 0. The normalized spacial score (nSPS) is 13.4. The molecule has 0 saturated heterocycles. The van der Waals surface area contributed by atoms with Gasteiger partial charge >= 0.3 is 0 Å². The highest BCUT2D eigenvalue weighted by Crippen LogP contribution is 2.12. The molecular weight excluding hydrogens is 204 g/mol. The minimum atomic E-state index is 0.347. The first-order valence-electron chi connectivity index (χ1n) is 4.48. The van der Waals surface area contributed by atoms with Crippen molar-refractivity contribution in [1.29, 1.82) is 0 Å². The Hall–Kier alpha value is 0.440. The van der Waals surface area contributed by atoms with E-state index in [1.807, 2.05) is 0 Å². The predicted molar refractivity (Wildman–Crippen MR) is 53.1 cm³/mol. The molecule has 0 radical (unpaired) electrons. The SMILES string of the molecule is C[C@H](CCO)CCCCCBr. The average molecular weight is 223 g/mol. The number of rotatable bonds is 7. The molecule has 0 aromatic heterocycles. The summed E-state index contributed by atoms with van der Waals surface area (Å²) in [5.74, 6) is 0.704. The fourth-order valence-electron chi connectivity index (χ4n) is 1.13. The Morgan fingerprint density at radius 3 is 2.45 bits per heavy atom. The Labute approximate surface area is 78.3 Å². The molecule has 0 unspecified atom stereocenters. The molecular formula is C9H19BrO. The number of unbranched alkanes of at least 4 members (excludes halogenated alkanes) is 2. The molecule has 0 aromatic rings. The fraction of sp³-hybridized carbons (Fsp3) is 1.00. The van der Waals surface area contributed by atoms with Gasteiger partial charge in [0.2, 0.25) is 0 Å². The van der Waals surface area contributed by atoms with E-state index in [0.717, 1.165) is 11.8 Å². The van der Waals surface area contributed by atoms with Crippen molar-refractivity contribution < 1.29 is 5.11 Å². The summed E-state index contributed by atoms with van der Waals surface area (Å²) in [5, 5.41) is 9.76. The van der Waals surface area contributed by atoms with Gasteiger partial charge in [-0.15, -0.1) is 0 Å². The van der Waals surface area contributed by atoms with Crippen molar-refractivity contribution in [3.8, 4) is 0 Å². The second-order valence-electron chi connectivity index (χ2n) is 3.16. The van der Waals surface area contributed by atoms with Crippen LogP contribution in [-0.4, -0.2) is 17.0 Å². The Bertz CT molecular complexity index is 76.0. The maximum absolute atomic E-state index is 8.63. The van der Waals surface area contributed by atoms with Crippen LogP contribution in [0.15, 0.2) is 0 Å². The number of hydrogen-bond acceptors (Lipinski definition) is 1. The molecule has 0 amide bonds. The van der Waals surface area contributed by atoms with E-state index in [0.29, 0.717) is 12.5 Å². The Morgan fingerprint density at radius 2 is 1.91 bits per heavy atom. The topological polar surface area (TPSA) is 20.2 Å². The van der Waals surface area contributed by atoms with Crippen molar-refractivity contribution in [1.82, 2.24) is 0 Å². The van der Waals surface area contributed by atoms with E-state index in [9.17, 15) is 0 Å². The lowest BCUT2D eigenvalue weighted by atomic mass is 10.0. The van der Waals surface area contributed by atoms with Crippen molar-refractivity contribution in [2.45, 2.75) is 39.0 Å². The third kappa shape index (κ3) is 8.35. The summed E-state index contributed by atoms with van der Waals surface area (Å²) in [6, 6.07) is 0. The lowest BCUT2D eigenvalue weighted by molar-refractivity contribution is 0.256. The molecule has 0 saturated carbocycles. The van der Waals surface area contributed by atoms with Crippen molar-refractivity contribution in [3.05, 3.63) is 0 Å². The molecule has 0 heterocycles. The van der Waals surface area contributed by atoms with E-state index in [2.05, 4.69) is 22.9 Å². The van der Waals surface area contributed by atoms with Crippen molar-refractivity contribution in [2.24, 2.45) is 5.92 Å². The first-order chi connectivity index (χ1) is 5.31. The number of hydrogen-bond donors (Lipinski definition) is 1. The molecule has 1 atom stereocenters. The molecule has 0 bridgehead atoms. The monoisotopic (exact) mass is 222 g/mol. The van der Waals surface area contributed by atoms with Crippen LogP contribution in [0.3, 0.4) is 0 Å². The first-order valence-corrected chi connectivity index (χ1v) is 5.60. The third-order valence-electron chi connectivity index (χ3n) is 1.95. The summed E-state index contributed by atoms with van der Waals surface area (Å²) in [7, 11) is 0. The van der Waals surface area contributed by atoms with E-state index < -0.39 is 0 Å². The summed E-state index contributed by atoms with van der Waals surface area (Å²) in [6.45, 7) is 2.56. The molecule has 2 heteroatoms. The Balaban J connectivity index is 2.97. The zero-order valence-corrected chi connectivity index (χ0v) is 8.94. The summed E-state index contributed by atoms with van der Waals surface area (Å²) in [4.78, 5) is 0.